The molecule has 0 saturated carbocycles. The van der Waals surface area contributed by atoms with E-state index in [4.69, 9.17) is 0 Å². The Balaban J connectivity index is 2.03. The maximum Gasteiger partial charge on any atom is 0.270 e. The van der Waals surface area contributed by atoms with Gasteiger partial charge in [-0.15, -0.1) is 0 Å². The summed E-state index contributed by atoms with van der Waals surface area (Å²) in [5, 5.41) is 6.18. The van der Waals surface area contributed by atoms with Gasteiger partial charge in [-0.05, 0) is 44.6 Å². The summed E-state index contributed by atoms with van der Waals surface area (Å²) in [5.74, 6) is 0.827. The predicted molar refractivity (Wildman–Crippen MR) is 101 cm³/mol. The number of hydrogen-bond donors (Lipinski definition) is 2. The summed E-state index contributed by atoms with van der Waals surface area (Å²) in [6.07, 6.45) is 2.31. The molecular formula is C19H27N5O. The van der Waals surface area contributed by atoms with E-state index in [0.717, 1.165) is 18.7 Å². The minimum absolute atomic E-state index is 0.179. The van der Waals surface area contributed by atoms with Crippen LogP contribution >= 0.6 is 0 Å². The SMILES string of the molecule is CC(C)c1ccccc1Nc1cc(C(=O)NCCCN(C)C)ncn1. The molecule has 0 saturated heterocycles. The number of amides is 1. The Hall–Kier alpha value is -2.47. The fourth-order valence-corrected chi connectivity index (χ4v) is 2.49. The van der Waals surface area contributed by atoms with Gasteiger partial charge < -0.3 is 15.5 Å². The van der Waals surface area contributed by atoms with Crippen molar-refractivity contribution in [2.24, 2.45) is 0 Å². The fraction of sp³-hybridized carbons (Fsp3) is 0.421. The summed E-state index contributed by atoms with van der Waals surface area (Å²) >= 11 is 0. The van der Waals surface area contributed by atoms with Gasteiger partial charge in [0.05, 0.1) is 0 Å². The second-order valence-corrected chi connectivity index (χ2v) is 6.57. The lowest BCUT2D eigenvalue weighted by Crippen LogP contribution is -2.27. The smallest absolute Gasteiger partial charge is 0.270 e. The van der Waals surface area contributed by atoms with Gasteiger partial charge in [0.1, 0.15) is 17.8 Å². The van der Waals surface area contributed by atoms with E-state index in [-0.39, 0.29) is 5.91 Å². The molecule has 1 heterocycles. The minimum Gasteiger partial charge on any atom is -0.351 e. The standard InChI is InChI=1S/C19H27N5O/c1-14(2)15-8-5-6-9-16(15)23-18-12-17(21-13-22-18)19(25)20-10-7-11-24(3)4/h5-6,8-9,12-14H,7,10-11H2,1-4H3,(H,20,25)(H,21,22,23). The third-order valence-electron chi connectivity index (χ3n) is 3.81. The molecule has 1 aromatic heterocycles. The molecule has 0 aliphatic heterocycles. The summed E-state index contributed by atoms with van der Waals surface area (Å²) in [7, 11) is 4.03. The van der Waals surface area contributed by atoms with Crippen LogP contribution < -0.4 is 10.6 Å². The van der Waals surface area contributed by atoms with Crippen LogP contribution in [0.5, 0.6) is 0 Å². The molecule has 0 fully saturated rings. The van der Waals surface area contributed by atoms with Crippen LogP contribution in [0.2, 0.25) is 0 Å². The molecule has 0 atom stereocenters. The largest absolute Gasteiger partial charge is 0.351 e. The monoisotopic (exact) mass is 341 g/mol. The highest BCUT2D eigenvalue weighted by Gasteiger charge is 2.10. The number of anilines is 2. The zero-order valence-corrected chi connectivity index (χ0v) is 15.4. The third kappa shape index (κ3) is 5.83. The van der Waals surface area contributed by atoms with Gasteiger partial charge in [-0.25, -0.2) is 9.97 Å². The Bertz CT molecular complexity index is 700. The minimum atomic E-state index is -0.179. The Labute approximate surface area is 149 Å². The molecule has 134 valence electrons. The lowest BCUT2D eigenvalue weighted by atomic mass is 10.0. The quantitative estimate of drug-likeness (QED) is 0.722. The number of carbonyl (C=O) groups excluding carboxylic acids is 1. The Kier molecular flexibility index (Phi) is 6.89. The highest BCUT2D eigenvalue weighted by atomic mass is 16.1. The van der Waals surface area contributed by atoms with E-state index in [9.17, 15) is 4.79 Å². The molecule has 0 unspecified atom stereocenters. The highest BCUT2D eigenvalue weighted by Crippen LogP contribution is 2.26. The van der Waals surface area contributed by atoms with Crippen molar-refractivity contribution in [1.82, 2.24) is 20.2 Å². The number of hydrogen-bond acceptors (Lipinski definition) is 5. The molecule has 2 rings (SSSR count). The number of para-hydroxylation sites is 1. The van der Waals surface area contributed by atoms with Crippen LogP contribution in [-0.4, -0.2) is 48.0 Å². The average Bonchev–Trinajstić information content (AvgIpc) is 2.59. The summed E-state index contributed by atoms with van der Waals surface area (Å²) in [6, 6.07) is 9.78. The van der Waals surface area contributed by atoms with Crippen LogP contribution in [0.3, 0.4) is 0 Å². The maximum atomic E-state index is 12.2. The van der Waals surface area contributed by atoms with Crippen molar-refractivity contribution in [2.75, 3.05) is 32.5 Å². The first-order valence-corrected chi connectivity index (χ1v) is 8.58. The van der Waals surface area contributed by atoms with Gasteiger partial charge in [0.15, 0.2) is 0 Å². The van der Waals surface area contributed by atoms with E-state index < -0.39 is 0 Å². The second kappa shape index (κ2) is 9.13. The van der Waals surface area contributed by atoms with E-state index >= 15 is 0 Å². The van der Waals surface area contributed by atoms with Crippen molar-refractivity contribution in [3.05, 3.63) is 47.9 Å². The van der Waals surface area contributed by atoms with Crippen LogP contribution in [0, 0.1) is 0 Å². The van der Waals surface area contributed by atoms with Crippen molar-refractivity contribution in [1.29, 1.82) is 0 Å². The highest BCUT2D eigenvalue weighted by molar-refractivity contribution is 5.92. The van der Waals surface area contributed by atoms with Gasteiger partial charge in [-0.3, -0.25) is 4.79 Å². The number of benzene rings is 1. The van der Waals surface area contributed by atoms with Crippen LogP contribution in [0.4, 0.5) is 11.5 Å². The van der Waals surface area contributed by atoms with Crippen molar-refractivity contribution in [3.63, 3.8) is 0 Å². The Morgan fingerprint density at radius 3 is 2.68 bits per heavy atom. The third-order valence-corrected chi connectivity index (χ3v) is 3.81. The molecule has 0 radical (unpaired) electrons. The van der Waals surface area contributed by atoms with E-state index in [1.54, 1.807) is 6.07 Å². The maximum absolute atomic E-state index is 12.2. The molecule has 6 nitrogen and oxygen atoms in total. The summed E-state index contributed by atoms with van der Waals surface area (Å²) < 4.78 is 0. The van der Waals surface area contributed by atoms with Gasteiger partial charge in [0, 0.05) is 18.3 Å². The summed E-state index contributed by atoms with van der Waals surface area (Å²) in [6.45, 7) is 5.85. The summed E-state index contributed by atoms with van der Waals surface area (Å²) in [5.41, 5.74) is 2.56. The second-order valence-electron chi connectivity index (χ2n) is 6.57. The van der Waals surface area contributed by atoms with Crippen molar-refractivity contribution in [3.8, 4) is 0 Å². The molecule has 25 heavy (non-hydrogen) atoms. The molecule has 6 heteroatoms. The van der Waals surface area contributed by atoms with Crippen LogP contribution in [0.15, 0.2) is 36.7 Å². The van der Waals surface area contributed by atoms with Crippen molar-refractivity contribution >= 4 is 17.4 Å². The van der Waals surface area contributed by atoms with Gasteiger partial charge in [-0.2, -0.15) is 0 Å². The molecule has 1 aromatic carbocycles. The van der Waals surface area contributed by atoms with Crippen LogP contribution in [-0.2, 0) is 0 Å². The van der Waals surface area contributed by atoms with E-state index in [1.807, 2.05) is 32.3 Å². The number of aromatic nitrogens is 2. The molecule has 1 amide bonds. The zero-order valence-electron chi connectivity index (χ0n) is 15.4. The first-order valence-electron chi connectivity index (χ1n) is 8.58. The average molecular weight is 341 g/mol. The van der Waals surface area contributed by atoms with Crippen LogP contribution in [0.1, 0.15) is 42.2 Å². The molecule has 2 aromatic rings. The number of nitrogens with zero attached hydrogens (tertiary/aromatic N) is 3. The Morgan fingerprint density at radius 2 is 1.96 bits per heavy atom. The number of rotatable bonds is 8. The molecule has 0 bridgehead atoms. The number of nitrogens with one attached hydrogen (secondary N) is 2. The predicted octanol–water partition coefficient (Wildman–Crippen LogP) is 3.03. The van der Waals surface area contributed by atoms with Gasteiger partial charge >= 0.3 is 0 Å². The molecule has 0 spiro atoms. The first kappa shape index (κ1) is 18.9. The van der Waals surface area contributed by atoms with E-state index in [2.05, 4.69) is 45.4 Å². The lowest BCUT2D eigenvalue weighted by Gasteiger charge is -2.14. The normalized spacial score (nSPS) is 11.0. The number of carbonyl (C=O) groups is 1. The molecule has 2 N–H and O–H groups in total. The first-order chi connectivity index (χ1) is 12.0. The molecule has 0 aliphatic carbocycles. The molecular weight excluding hydrogens is 314 g/mol. The fourth-order valence-electron chi connectivity index (χ4n) is 2.49. The van der Waals surface area contributed by atoms with Crippen LogP contribution in [0.25, 0.3) is 0 Å². The van der Waals surface area contributed by atoms with Crippen molar-refractivity contribution < 1.29 is 4.79 Å². The molecule has 0 aliphatic rings. The van der Waals surface area contributed by atoms with Gasteiger partial charge in [0.2, 0.25) is 0 Å². The van der Waals surface area contributed by atoms with Crippen molar-refractivity contribution in [2.45, 2.75) is 26.2 Å². The topological polar surface area (TPSA) is 70.2 Å². The zero-order chi connectivity index (χ0) is 18.2. The lowest BCUT2D eigenvalue weighted by molar-refractivity contribution is 0.0947. The Morgan fingerprint density at radius 1 is 1.20 bits per heavy atom. The summed E-state index contributed by atoms with van der Waals surface area (Å²) in [4.78, 5) is 22.6. The van der Waals surface area contributed by atoms with Gasteiger partial charge in [0.25, 0.3) is 5.91 Å². The van der Waals surface area contributed by atoms with E-state index in [1.165, 1.54) is 11.9 Å². The van der Waals surface area contributed by atoms with E-state index in [0.29, 0.717) is 24.0 Å². The van der Waals surface area contributed by atoms with Gasteiger partial charge in [-0.1, -0.05) is 32.0 Å².